The van der Waals surface area contributed by atoms with E-state index in [2.05, 4.69) is 26.1 Å². The third kappa shape index (κ3) is 2.79. The van der Waals surface area contributed by atoms with Crippen molar-refractivity contribution in [2.45, 2.75) is 15.9 Å². The molecule has 1 atom stereocenters. The molecule has 1 aliphatic carbocycles. The predicted molar refractivity (Wildman–Crippen MR) is 86.6 cm³/mol. The van der Waals surface area contributed by atoms with Crippen LogP contribution in [0.25, 0.3) is 11.4 Å². The van der Waals surface area contributed by atoms with Crippen molar-refractivity contribution in [3.05, 3.63) is 28.7 Å². The standard InChI is InChI=1S/C12H11BrCl2N4S/c13-9-4-2-1-3-8(9)10-17-18-11(19(10)16)20-6-7-5-12(7,14)15/h1-4,7H,5-6,16H2. The van der Waals surface area contributed by atoms with Crippen LogP contribution in [0.15, 0.2) is 33.9 Å². The Morgan fingerprint density at radius 1 is 1.40 bits per heavy atom. The summed E-state index contributed by atoms with van der Waals surface area (Å²) in [6.07, 6.45) is 0.818. The number of hydrogen-bond acceptors (Lipinski definition) is 4. The molecule has 8 heteroatoms. The summed E-state index contributed by atoms with van der Waals surface area (Å²) >= 11 is 17.0. The molecule has 2 N–H and O–H groups in total. The Balaban J connectivity index is 1.77. The monoisotopic (exact) mass is 392 g/mol. The van der Waals surface area contributed by atoms with Crippen LogP contribution in [0.4, 0.5) is 0 Å². The molecular formula is C12H11BrCl2N4S. The second kappa shape index (κ2) is 5.40. The average Bonchev–Trinajstić information content (AvgIpc) is 2.85. The minimum atomic E-state index is -0.572. The molecule has 3 rings (SSSR count). The van der Waals surface area contributed by atoms with E-state index in [1.807, 2.05) is 24.3 Å². The molecular weight excluding hydrogens is 383 g/mol. The normalized spacial score (nSPS) is 20.1. The first kappa shape index (κ1) is 14.5. The van der Waals surface area contributed by atoms with Crippen LogP contribution in [-0.2, 0) is 0 Å². The van der Waals surface area contributed by atoms with E-state index < -0.39 is 4.33 Å². The maximum Gasteiger partial charge on any atom is 0.210 e. The molecule has 0 aliphatic heterocycles. The van der Waals surface area contributed by atoms with Crippen molar-refractivity contribution in [3.8, 4) is 11.4 Å². The molecule has 0 saturated heterocycles. The minimum Gasteiger partial charge on any atom is -0.335 e. The Labute approximate surface area is 139 Å². The summed E-state index contributed by atoms with van der Waals surface area (Å²) in [5, 5.41) is 8.94. The van der Waals surface area contributed by atoms with Crippen LogP contribution in [0.3, 0.4) is 0 Å². The SMILES string of the molecule is Nn1c(SCC2CC2(Cl)Cl)nnc1-c1ccccc1Br. The molecule has 0 amide bonds. The summed E-state index contributed by atoms with van der Waals surface area (Å²) in [6.45, 7) is 0. The van der Waals surface area contributed by atoms with Crippen LogP contribution in [-0.4, -0.2) is 25.0 Å². The lowest BCUT2D eigenvalue weighted by Gasteiger charge is -2.05. The number of hydrogen-bond donors (Lipinski definition) is 1. The number of halogens is 3. The summed E-state index contributed by atoms with van der Waals surface area (Å²) in [6, 6.07) is 7.75. The molecule has 106 valence electrons. The van der Waals surface area contributed by atoms with E-state index in [1.54, 1.807) is 0 Å². The van der Waals surface area contributed by atoms with Crippen LogP contribution in [0.2, 0.25) is 0 Å². The van der Waals surface area contributed by atoms with Gasteiger partial charge in [0.1, 0.15) is 4.33 Å². The van der Waals surface area contributed by atoms with Crippen molar-refractivity contribution in [1.29, 1.82) is 0 Å². The molecule has 0 spiro atoms. The molecule has 0 bridgehead atoms. The highest BCUT2D eigenvalue weighted by atomic mass is 79.9. The molecule has 20 heavy (non-hydrogen) atoms. The van der Waals surface area contributed by atoms with Crippen molar-refractivity contribution >= 4 is 50.9 Å². The van der Waals surface area contributed by atoms with Gasteiger partial charge in [-0.15, -0.1) is 33.4 Å². The van der Waals surface area contributed by atoms with Gasteiger partial charge in [-0.2, -0.15) is 0 Å². The molecule has 1 aliphatic rings. The smallest absolute Gasteiger partial charge is 0.210 e. The number of aromatic nitrogens is 3. The highest BCUT2D eigenvalue weighted by Gasteiger charge is 2.51. The van der Waals surface area contributed by atoms with Gasteiger partial charge < -0.3 is 5.84 Å². The molecule has 1 fully saturated rings. The number of thioether (sulfide) groups is 1. The minimum absolute atomic E-state index is 0.291. The summed E-state index contributed by atoms with van der Waals surface area (Å²) < 4.78 is 1.85. The van der Waals surface area contributed by atoms with E-state index in [0.717, 1.165) is 22.2 Å². The predicted octanol–water partition coefficient (Wildman–Crippen LogP) is 3.71. The zero-order valence-corrected chi connectivity index (χ0v) is 14.2. The summed E-state index contributed by atoms with van der Waals surface area (Å²) in [4.78, 5) is 0. The summed E-state index contributed by atoms with van der Waals surface area (Å²) in [5.74, 6) is 7.77. The van der Waals surface area contributed by atoms with Gasteiger partial charge in [-0.05, 0) is 18.6 Å². The van der Waals surface area contributed by atoms with Crippen LogP contribution >= 0.6 is 50.9 Å². The first-order valence-electron chi connectivity index (χ1n) is 5.95. The molecule has 1 heterocycles. The highest BCUT2D eigenvalue weighted by molar-refractivity contribution is 9.10. The second-order valence-corrected chi connectivity index (χ2v) is 8.01. The fourth-order valence-corrected chi connectivity index (χ4v) is 4.08. The van der Waals surface area contributed by atoms with Crippen molar-refractivity contribution in [2.24, 2.45) is 5.92 Å². The fourth-order valence-electron chi connectivity index (χ4n) is 1.83. The third-order valence-corrected chi connectivity index (χ3v) is 5.87. The first-order valence-corrected chi connectivity index (χ1v) is 8.48. The second-order valence-electron chi connectivity index (χ2n) is 4.63. The van der Waals surface area contributed by atoms with Gasteiger partial charge in [0.15, 0.2) is 5.82 Å². The Morgan fingerprint density at radius 3 is 2.75 bits per heavy atom. The van der Waals surface area contributed by atoms with E-state index in [4.69, 9.17) is 29.0 Å². The van der Waals surface area contributed by atoms with E-state index >= 15 is 0 Å². The first-order chi connectivity index (χ1) is 9.49. The zero-order valence-electron chi connectivity index (χ0n) is 10.3. The highest BCUT2D eigenvalue weighted by Crippen LogP contribution is 2.54. The Bertz CT molecular complexity index is 646. The third-order valence-electron chi connectivity index (χ3n) is 3.15. The van der Waals surface area contributed by atoms with Crippen LogP contribution in [0.5, 0.6) is 0 Å². The average molecular weight is 394 g/mol. The van der Waals surface area contributed by atoms with Gasteiger partial charge in [0.05, 0.1) is 0 Å². The maximum absolute atomic E-state index is 6.06. The van der Waals surface area contributed by atoms with Gasteiger partial charge in [-0.1, -0.05) is 39.8 Å². The molecule has 0 radical (unpaired) electrons. The number of nitrogens with two attached hydrogens (primary N) is 1. The van der Waals surface area contributed by atoms with Crippen LogP contribution < -0.4 is 5.84 Å². The number of rotatable bonds is 4. The molecule has 1 saturated carbocycles. The maximum atomic E-state index is 6.06. The summed E-state index contributed by atoms with van der Waals surface area (Å²) in [5.41, 5.74) is 0.907. The number of nitrogen functional groups attached to an aromatic ring is 1. The Kier molecular flexibility index (Phi) is 3.92. The largest absolute Gasteiger partial charge is 0.335 e. The van der Waals surface area contributed by atoms with Gasteiger partial charge in [0.25, 0.3) is 0 Å². The van der Waals surface area contributed by atoms with Gasteiger partial charge >= 0.3 is 0 Å². The zero-order chi connectivity index (χ0) is 14.3. The molecule has 1 unspecified atom stereocenters. The molecule has 1 aromatic heterocycles. The molecule has 4 nitrogen and oxygen atoms in total. The Hall–Kier alpha value is -0.430. The lowest BCUT2D eigenvalue weighted by atomic mass is 10.2. The number of alkyl halides is 2. The topological polar surface area (TPSA) is 56.7 Å². The van der Waals surface area contributed by atoms with E-state index in [9.17, 15) is 0 Å². The van der Waals surface area contributed by atoms with Crippen LogP contribution in [0.1, 0.15) is 6.42 Å². The van der Waals surface area contributed by atoms with E-state index in [0.29, 0.717) is 16.9 Å². The van der Waals surface area contributed by atoms with Gasteiger partial charge in [0.2, 0.25) is 5.16 Å². The molecule has 1 aromatic carbocycles. The van der Waals surface area contributed by atoms with Gasteiger partial charge in [-0.3, -0.25) is 0 Å². The lowest BCUT2D eigenvalue weighted by molar-refractivity contribution is 0.844. The van der Waals surface area contributed by atoms with Gasteiger partial charge in [0, 0.05) is 21.7 Å². The van der Waals surface area contributed by atoms with E-state index in [1.165, 1.54) is 16.4 Å². The van der Waals surface area contributed by atoms with Crippen molar-refractivity contribution in [3.63, 3.8) is 0 Å². The van der Waals surface area contributed by atoms with Crippen LogP contribution in [0, 0.1) is 5.92 Å². The van der Waals surface area contributed by atoms with Crippen molar-refractivity contribution in [1.82, 2.24) is 14.9 Å². The number of nitrogens with zero attached hydrogens (tertiary/aromatic N) is 3. The van der Waals surface area contributed by atoms with Crippen molar-refractivity contribution < 1.29 is 0 Å². The number of benzene rings is 1. The van der Waals surface area contributed by atoms with Crippen molar-refractivity contribution in [2.75, 3.05) is 11.6 Å². The molecule has 2 aromatic rings. The quantitative estimate of drug-likeness (QED) is 0.488. The Morgan fingerprint density at radius 2 is 2.10 bits per heavy atom. The van der Waals surface area contributed by atoms with Gasteiger partial charge in [-0.25, -0.2) is 4.68 Å². The summed E-state index contributed by atoms with van der Waals surface area (Å²) in [7, 11) is 0. The lowest BCUT2D eigenvalue weighted by Crippen LogP contribution is -2.12. The van der Waals surface area contributed by atoms with E-state index in [-0.39, 0.29) is 0 Å². The fraction of sp³-hybridized carbons (Fsp3) is 0.333.